The van der Waals surface area contributed by atoms with E-state index in [0.717, 1.165) is 0 Å². The SMILES string of the molecule is CC(C)c1ccc(Oc2ncnc(N(Cc3ccccc3)Cc3ccccc3)c2N)cc1. The van der Waals surface area contributed by atoms with Crippen LogP contribution in [0.3, 0.4) is 0 Å². The van der Waals surface area contributed by atoms with E-state index in [1.807, 2.05) is 48.5 Å². The first-order chi connectivity index (χ1) is 15.6. The van der Waals surface area contributed by atoms with E-state index in [0.29, 0.717) is 42.1 Å². The zero-order chi connectivity index (χ0) is 22.3. The Labute approximate surface area is 189 Å². The number of hydrogen-bond donors (Lipinski definition) is 1. The lowest BCUT2D eigenvalue weighted by molar-refractivity contribution is 0.463. The van der Waals surface area contributed by atoms with Crippen molar-refractivity contribution in [2.75, 3.05) is 10.6 Å². The molecule has 0 aliphatic rings. The number of nitrogens with two attached hydrogens (primary N) is 1. The first kappa shape index (κ1) is 21.4. The monoisotopic (exact) mass is 424 g/mol. The Morgan fingerprint density at radius 3 is 1.88 bits per heavy atom. The summed E-state index contributed by atoms with van der Waals surface area (Å²) in [4.78, 5) is 11.0. The molecular weight excluding hydrogens is 396 g/mol. The van der Waals surface area contributed by atoms with Crippen molar-refractivity contribution in [3.05, 3.63) is 108 Å². The Morgan fingerprint density at radius 1 is 0.781 bits per heavy atom. The van der Waals surface area contributed by atoms with E-state index in [1.54, 1.807) is 0 Å². The average Bonchev–Trinajstić information content (AvgIpc) is 2.82. The van der Waals surface area contributed by atoms with Gasteiger partial charge in [-0.25, -0.2) is 4.98 Å². The Balaban J connectivity index is 1.63. The van der Waals surface area contributed by atoms with Gasteiger partial charge in [0.05, 0.1) is 0 Å². The summed E-state index contributed by atoms with van der Waals surface area (Å²) in [6.07, 6.45) is 1.51. The average molecular weight is 425 g/mol. The lowest BCUT2D eigenvalue weighted by atomic mass is 10.0. The fourth-order valence-corrected chi connectivity index (χ4v) is 3.55. The zero-order valence-electron chi connectivity index (χ0n) is 18.5. The van der Waals surface area contributed by atoms with Gasteiger partial charge >= 0.3 is 0 Å². The van der Waals surface area contributed by atoms with E-state index in [9.17, 15) is 0 Å². The van der Waals surface area contributed by atoms with E-state index in [2.05, 4.69) is 65.1 Å². The van der Waals surface area contributed by atoms with Crippen LogP contribution in [-0.4, -0.2) is 9.97 Å². The molecule has 0 spiro atoms. The van der Waals surface area contributed by atoms with Crippen molar-refractivity contribution >= 4 is 11.5 Å². The third-order valence-corrected chi connectivity index (χ3v) is 5.32. The fraction of sp³-hybridized carbons (Fsp3) is 0.185. The molecule has 1 heterocycles. The Hall–Kier alpha value is -3.86. The van der Waals surface area contributed by atoms with Crippen LogP contribution in [0.15, 0.2) is 91.3 Å². The minimum Gasteiger partial charge on any atom is -0.437 e. The first-order valence-corrected chi connectivity index (χ1v) is 10.8. The molecule has 0 atom stereocenters. The highest BCUT2D eigenvalue weighted by Crippen LogP contribution is 2.33. The molecule has 0 bridgehead atoms. The van der Waals surface area contributed by atoms with Gasteiger partial charge in [0.15, 0.2) is 5.82 Å². The molecule has 0 saturated carbocycles. The molecule has 5 heteroatoms. The molecule has 3 aromatic carbocycles. The summed E-state index contributed by atoms with van der Waals surface area (Å²) in [5.74, 6) is 2.17. The molecular formula is C27H28N4O. The molecule has 2 N–H and O–H groups in total. The number of ether oxygens (including phenoxy) is 1. The van der Waals surface area contributed by atoms with Gasteiger partial charge in [-0.2, -0.15) is 4.98 Å². The molecule has 4 aromatic rings. The van der Waals surface area contributed by atoms with Gasteiger partial charge in [0.1, 0.15) is 17.8 Å². The van der Waals surface area contributed by atoms with Crippen molar-refractivity contribution in [1.82, 2.24) is 9.97 Å². The second-order valence-electron chi connectivity index (χ2n) is 8.07. The molecule has 4 rings (SSSR count). The molecule has 0 fully saturated rings. The minimum absolute atomic E-state index is 0.360. The maximum Gasteiger partial charge on any atom is 0.248 e. The second kappa shape index (κ2) is 9.96. The zero-order valence-corrected chi connectivity index (χ0v) is 18.5. The van der Waals surface area contributed by atoms with Crippen LogP contribution in [0.5, 0.6) is 11.6 Å². The summed E-state index contributed by atoms with van der Waals surface area (Å²) in [5, 5.41) is 0. The molecule has 0 radical (unpaired) electrons. The highest BCUT2D eigenvalue weighted by atomic mass is 16.5. The van der Waals surface area contributed by atoms with Crippen LogP contribution < -0.4 is 15.4 Å². The van der Waals surface area contributed by atoms with Gasteiger partial charge in [0, 0.05) is 13.1 Å². The molecule has 162 valence electrons. The van der Waals surface area contributed by atoms with Crippen LogP contribution in [0, 0.1) is 0 Å². The lowest BCUT2D eigenvalue weighted by Gasteiger charge is -2.25. The van der Waals surface area contributed by atoms with E-state index in [-0.39, 0.29) is 0 Å². The Kier molecular flexibility index (Phi) is 6.66. The molecule has 5 nitrogen and oxygen atoms in total. The van der Waals surface area contributed by atoms with Crippen LogP contribution in [0.2, 0.25) is 0 Å². The molecule has 32 heavy (non-hydrogen) atoms. The number of nitrogen functional groups attached to an aromatic ring is 1. The summed E-state index contributed by atoms with van der Waals surface area (Å²) >= 11 is 0. The Bertz CT molecular complexity index is 1090. The quantitative estimate of drug-likeness (QED) is 0.366. The van der Waals surface area contributed by atoms with Gasteiger partial charge in [-0.3, -0.25) is 0 Å². The summed E-state index contributed by atoms with van der Waals surface area (Å²) in [7, 11) is 0. The highest BCUT2D eigenvalue weighted by Gasteiger charge is 2.18. The normalized spacial score (nSPS) is 10.8. The number of rotatable bonds is 8. The van der Waals surface area contributed by atoms with E-state index in [4.69, 9.17) is 10.5 Å². The van der Waals surface area contributed by atoms with Gasteiger partial charge in [0.2, 0.25) is 5.88 Å². The van der Waals surface area contributed by atoms with E-state index < -0.39 is 0 Å². The highest BCUT2D eigenvalue weighted by molar-refractivity contribution is 5.68. The number of aromatic nitrogens is 2. The molecule has 1 aromatic heterocycles. The molecule has 0 aliphatic heterocycles. The number of hydrogen-bond acceptors (Lipinski definition) is 5. The first-order valence-electron chi connectivity index (χ1n) is 10.8. The van der Waals surface area contributed by atoms with Gasteiger partial charge in [0.25, 0.3) is 0 Å². The van der Waals surface area contributed by atoms with Crippen LogP contribution in [0.25, 0.3) is 0 Å². The van der Waals surface area contributed by atoms with Crippen molar-refractivity contribution < 1.29 is 4.74 Å². The third kappa shape index (κ3) is 5.24. The Morgan fingerprint density at radius 2 is 1.34 bits per heavy atom. The minimum atomic E-state index is 0.360. The number of anilines is 2. The van der Waals surface area contributed by atoms with Gasteiger partial charge in [-0.15, -0.1) is 0 Å². The van der Waals surface area contributed by atoms with Crippen molar-refractivity contribution in [2.24, 2.45) is 0 Å². The summed E-state index contributed by atoms with van der Waals surface area (Å²) in [5.41, 5.74) is 10.6. The molecule has 0 saturated heterocycles. The topological polar surface area (TPSA) is 64.3 Å². The predicted molar refractivity (Wildman–Crippen MR) is 130 cm³/mol. The van der Waals surface area contributed by atoms with Crippen LogP contribution in [-0.2, 0) is 13.1 Å². The van der Waals surface area contributed by atoms with E-state index >= 15 is 0 Å². The van der Waals surface area contributed by atoms with Gasteiger partial charge in [-0.05, 0) is 34.7 Å². The maximum absolute atomic E-state index is 6.53. The van der Waals surface area contributed by atoms with Crippen molar-refractivity contribution in [2.45, 2.75) is 32.9 Å². The summed E-state index contributed by atoms with van der Waals surface area (Å²) in [6.45, 7) is 5.66. The van der Waals surface area contributed by atoms with Crippen LogP contribution >= 0.6 is 0 Å². The van der Waals surface area contributed by atoms with Gasteiger partial charge in [-0.1, -0.05) is 86.6 Å². The largest absolute Gasteiger partial charge is 0.437 e. The van der Waals surface area contributed by atoms with Crippen molar-refractivity contribution in [1.29, 1.82) is 0 Å². The summed E-state index contributed by atoms with van der Waals surface area (Å²) < 4.78 is 6.03. The van der Waals surface area contributed by atoms with E-state index in [1.165, 1.54) is 23.0 Å². The molecule has 0 unspecified atom stereocenters. The smallest absolute Gasteiger partial charge is 0.248 e. The fourth-order valence-electron chi connectivity index (χ4n) is 3.55. The number of nitrogens with zero attached hydrogens (tertiary/aromatic N) is 3. The standard InChI is InChI=1S/C27H28N4O/c1-20(2)23-13-15-24(16-14-23)32-27-25(28)26(29-19-30-27)31(17-21-9-5-3-6-10-21)18-22-11-7-4-8-12-22/h3-16,19-20H,17-18,28H2,1-2H3. The third-order valence-electron chi connectivity index (χ3n) is 5.32. The van der Waals surface area contributed by atoms with Gasteiger partial charge < -0.3 is 15.4 Å². The molecule has 0 aliphatic carbocycles. The second-order valence-corrected chi connectivity index (χ2v) is 8.07. The van der Waals surface area contributed by atoms with Crippen LogP contribution in [0.1, 0.15) is 36.5 Å². The van der Waals surface area contributed by atoms with Crippen molar-refractivity contribution in [3.8, 4) is 11.6 Å². The van der Waals surface area contributed by atoms with Crippen molar-refractivity contribution in [3.63, 3.8) is 0 Å². The predicted octanol–water partition coefficient (Wildman–Crippen LogP) is 6.18. The summed E-state index contributed by atoms with van der Waals surface area (Å²) in [6, 6.07) is 28.6. The number of benzene rings is 3. The van der Waals surface area contributed by atoms with Crippen LogP contribution in [0.4, 0.5) is 11.5 Å². The lowest BCUT2D eigenvalue weighted by Crippen LogP contribution is -2.24. The maximum atomic E-state index is 6.53. The molecule has 0 amide bonds.